The van der Waals surface area contributed by atoms with Crippen LogP contribution in [-0.4, -0.2) is 13.3 Å². The molecular formula is C10H7F2N3O4S2. The Morgan fingerprint density at radius 1 is 1.29 bits per heavy atom. The van der Waals surface area contributed by atoms with Gasteiger partial charge in [-0.15, -0.1) is 0 Å². The van der Waals surface area contributed by atoms with Crippen LogP contribution in [0, 0.1) is 21.7 Å². The minimum absolute atomic E-state index is 0.325. The largest absolute Gasteiger partial charge is 0.385 e. The van der Waals surface area contributed by atoms with Gasteiger partial charge in [0, 0.05) is 6.07 Å². The van der Waals surface area contributed by atoms with E-state index in [1.807, 2.05) is 0 Å². The van der Waals surface area contributed by atoms with E-state index in [2.05, 4.69) is 0 Å². The lowest BCUT2D eigenvalue weighted by molar-refractivity contribution is -0.383. The molecule has 0 amide bonds. The highest BCUT2D eigenvalue weighted by atomic mass is 32.2. The first kappa shape index (κ1) is 15.1. The summed E-state index contributed by atoms with van der Waals surface area (Å²) in [5, 5.41) is 10.3. The third-order valence-electron chi connectivity index (χ3n) is 2.38. The molecule has 0 spiro atoms. The van der Waals surface area contributed by atoms with Gasteiger partial charge in [-0.25, -0.2) is 17.2 Å². The lowest BCUT2D eigenvalue weighted by atomic mass is 10.3. The summed E-state index contributed by atoms with van der Waals surface area (Å²) in [6.07, 6.45) is 0. The smallest absolute Gasteiger partial charge is 0.304 e. The molecule has 0 radical (unpaired) electrons. The molecule has 7 nitrogen and oxygen atoms in total. The molecule has 2 aromatic rings. The normalized spacial score (nSPS) is 11.3. The van der Waals surface area contributed by atoms with Crippen molar-refractivity contribution in [3.05, 3.63) is 46.0 Å². The monoisotopic (exact) mass is 335 g/mol. The Labute approximate surface area is 121 Å². The van der Waals surface area contributed by atoms with Gasteiger partial charge in [-0.3, -0.25) is 14.8 Å². The Balaban J connectivity index is 2.44. The van der Waals surface area contributed by atoms with Crippen LogP contribution in [0.15, 0.2) is 28.5 Å². The molecule has 3 N–H and O–H groups in total. The van der Waals surface area contributed by atoms with Gasteiger partial charge in [0.2, 0.25) is 0 Å². The van der Waals surface area contributed by atoms with Crippen LogP contribution in [0.5, 0.6) is 0 Å². The summed E-state index contributed by atoms with van der Waals surface area (Å²) < 4.78 is 52.0. The number of sulfonamides is 1. The lowest BCUT2D eigenvalue weighted by Crippen LogP contribution is -2.14. The molecule has 11 heteroatoms. The van der Waals surface area contributed by atoms with E-state index < -0.39 is 42.2 Å². The van der Waals surface area contributed by atoms with Gasteiger partial charge in [0.15, 0.2) is 5.00 Å². The molecule has 0 aliphatic carbocycles. The molecule has 0 bridgehead atoms. The van der Waals surface area contributed by atoms with Crippen LogP contribution in [0.2, 0.25) is 0 Å². The zero-order valence-electron chi connectivity index (χ0n) is 10.0. The summed E-state index contributed by atoms with van der Waals surface area (Å²) in [7, 11) is -4.39. The van der Waals surface area contributed by atoms with Crippen molar-refractivity contribution < 1.29 is 22.1 Å². The Morgan fingerprint density at radius 3 is 2.33 bits per heavy atom. The summed E-state index contributed by atoms with van der Waals surface area (Å²) in [6, 6.07) is 3.52. The molecule has 1 aromatic carbocycles. The van der Waals surface area contributed by atoms with E-state index in [4.69, 9.17) is 5.73 Å². The summed E-state index contributed by atoms with van der Waals surface area (Å²) >= 11 is 0.421. The molecule has 1 heterocycles. The van der Waals surface area contributed by atoms with Gasteiger partial charge >= 0.3 is 5.69 Å². The predicted octanol–water partition coefficient (Wildman–Crippen LogP) is 2.32. The summed E-state index contributed by atoms with van der Waals surface area (Å²) in [4.78, 5) is 9.77. The SMILES string of the molecule is Nc1sc(S(=O)(=O)Nc2c(F)cccc2F)cc1[N+](=O)[O-]. The van der Waals surface area contributed by atoms with Crippen LogP contribution in [0.1, 0.15) is 0 Å². The van der Waals surface area contributed by atoms with Crippen LogP contribution >= 0.6 is 11.3 Å². The first-order chi connectivity index (χ1) is 9.72. The number of nitrogens with one attached hydrogen (secondary N) is 1. The second-order valence-electron chi connectivity index (χ2n) is 3.77. The minimum Gasteiger partial charge on any atom is -0.385 e. The number of para-hydroxylation sites is 1. The van der Waals surface area contributed by atoms with E-state index in [9.17, 15) is 27.3 Å². The van der Waals surface area contributed by atoms with Gasteiger partial charge in [0.1, 0.15) is 21.5 Å². The van der Waals surface area contributed by atoms with Crippen molar-refractivity contribution >= 4 is 37.7 Å². The van der Waals surface area contributed by atoms with Crippen molar-refractivity contribution in [1.82, 2.24) is 0 Å². The minimum atomic E-state index is -4.39. The second kappa shape index (κ2) is 5.26. The number of nitrogen functional groups attached to an aromatic ring is 1. The number of hydrogen-bond donors (Lipinski definition) is 2. The Kier molecular flexibility index (Phi) is 3.78. The van der Waals surface area contributed by atoms with Gasteiger partial charge in [0.25, 0.3) is 10.0 Å². The van der Waals surface area contributed by atoms with Crippen LogP contribution < -0.4 is 10.5 Å². The molecule has 2 rings (SSSR count). The maximum absolute atomic E-state index is 13.4. The van der Waals surface area contributed by atoms with Crippen molar-refractivity contribution in [1.29, 1.82) is 0 Å². The summed E-state index contributed by atoms with van der Waals surface area (Å²) in [5.74, 6) is -2.23. The fourth-order valence-electron chi connectivity index (χ4n) is 1.43. The standard InChI is InChI=1S/C10H7F2N3O4S2/c11-5-2-1-3-6(12)9(5)14-21(18,19)8-4-7(15(16)17)10(13)20-8/h1-4,14H,13H2. The van der Waals surface area contributed by atoms with Gasteiger partial charge in [-0.05, 0) is 12.1 Å². The summed E-state index contributed by atoms with van der Waals surface area (Å²) in [5.41, 5.74) is 3.87. The molecule has 0 saturated carbocycles. The molecule has 1 aromatic heterocycles. The highest BCUT2D eigenvalue weighted by Gasteiger charge is 2.26. The van der Waals surface area contributed by atoms with Crippen molar-refractivity contribution in [2.75, 3.05) is 10.5 Å². The number of hydrogen-bond acceptors (Lipinski definition) is 6. The lowest BCUT2D eigenvalue weighted by Gasteiger charge is -2.07. The number of nitro groups is 1. The highest BCUT2D eigenvalue weighted by molar-refractivity contribution is 7.94. The topological polar surface area (TPSA) is 115 Å². The first-order valence-electron chi connectivity index (χ1n) is 5.23. The van der Waals surface area contributed by atoms with Crippen LogP contribution in [0.25, 0.3) is 0 Å². The third kappa shape index (κ3) is 2.92. The zero-order chi connectivity index (χ0) is 15.8. The number of anilines is 2. The van der Waals surface area contributed by atoms with Gasteiger partial charge in [-0.1, -0.05) is 17.4 Å². The highest BCUT2D eigenvalue weighted by Crippen LogP contribution is 2.35. The number of nitrogens with two attached hydrogens (primary N) is 1. The Morgan fingerprint density at radius 2 is 1.86 bits per heavy atom. The molecular weight excluding hydrogens is 328 g/mol. The molecule has 0 fully saturated rings. The first-order valence-corrected chi connectivity index (χ1v) is 7.53. The maximum atomic E-state index is 13.4. The second-order valence-corrected chi connectivity index (χ2v) is 6.77. The molecule has 112 valence electrons. The van der Waals surface area contributed by atoms with Crippen molar-refractivity contribution in [2.24, 2.45) is 0 Å². The predicted molar refractivity (Wildman–Crippen MR) is 72.6 cm³/mol. The number of benzene rings is 1. The van der Waals surface area contributed by atoms with E-state index in [-0.39, 0.29) is 5.00 Å². The van der Waals surface area contributed by atoms with E-state index >= 15 is 0 Å². The van der Waals surface area contributed by atoms with E-state index in [0.717, 1.165) is 24.3 Å². The Hall–Kier alpha value is -2.27. The van der Waals surface area contributed by atoms with Crippen LogP contribution in [0.4, 0.5) is 25.2 Å². The fourth-order valence-corrected chi connectivity index (χ4v) is 3.72. The third-order valence-corrected chi connectivity index (χ3v) is 5.16. The van der Waals surface area contributed by atoms with Gasteiger partial charge < -0.3 is 5.73 Å². The van der Waals surface area contributed by atoms with E-state index in [1.54, 1.807) is 4.72 Å². The zero-order valence-corrected chi connectivity index (χ0v) is 11.7. The quantitative estimate of drug-likeness (QED) is 0.657. The average molecular weight is 335 g/mol. The maximum Gasteiger partial charge on any atom is 0.304 e. The number of halogens is 2. The molecule has 0 saturated heterocycles. The van der Waals surface area contributed by atoms with Crippen LogP contribution in [0.3, 0.4) is 0 Å². The molecule has 21 heavy (non-hydrogen) atoms. The molecule has 0 aliphatic rings. The van der Waals surface area contributed by atoms with E-state index in [1.165, 1.54) is 0 Å². The van der Waals surface area contributed by atoms with E-state index in [0.29, 0.717) is 11.3 Å². The number of nitrogens with zero attached hydrogens (tertiary/aromatic N) is 1. The molecule has 0 aliphatic heterocycles. The molecule has 0 atom stereocenters. The Bertz CT molecular complexity index is 799. The van der Waals surface area contributed by atoms with Crippen molar-refractivity contribution in [2.45, 2.75) is 4.21 Å². The average Bonchev–Trinajstić information content (AvgIpc) is 2.77. The van der Waals surface area contributed by atoms with Crippen LogP contribution in [-0.2, 0) is 10.0 Å². The van der Waals surface area contributed by atoms with Gasteiger partial charge in [0.05, 0.1) is 4.92 Å². The number of thiophene rings is 1. The number of rotatable bonds is 4. The van der Waals surface area contributed by atoms with Gasteiger partial charge in [-0.2, -0.15) is 0 Å². The fraction of sp³-hybridized carbons (Fsp3) is 0. The summed E-state index contributed by atoms with van der Waals surface area (Å²) in [6.45, 7) is 0. The van der Waals surface area contributed by atoms with Crippen molar-refractivity contribution in [3.63, 3.8) is 0 Å². The molecule has 0 unspecified atom stereocenters. The van der Waals surface area contributed by atoms with Crippen molar-refractivity contribution in [3.8, 4) is 0 Å².